The molecule has 0 saturated heterocycles. The van der Waals surface area contributed by atoms with Gasteiger partial charge in [-0.05, 0) is 79.4 Å². The molecule has 0 heterocycles. The minimum absolute atomic E-state index is 0. The highest BCUT2D eigenvalue weighted by Crippen LogP contribution is 2.60. The maximum atomic E-state index is 9.98. The zero-order chi connectivity index (χ0) is 17.4. The molecular weight excluding hydrogens is 346 g/mol. The van der Waals surface area contributed by atoms with Gasteiger partial charge in [-0.3, -0.25) is 0 Å². The number of hydrogen-bond donors (Lipinski definition) is 2. The number of hydrogen-bond acceptors (Lipinski definition) is 3. The third kappa shape index (κ3) is 4.21. The average Bonchev–Trinajstić information content (AvgIpc) is 2.57. The van der Waals surface area contributed by atoms with E-state index in [-0.39, 0.29) is 12.4 Å². The topological polar surface area (TPSA) is 41.5 Å². The highest BCUT2D eigenvalue weighted by molar-refractivity contribution is 5.85. The summed E-state index contributed by atoms with van der Waals surface area (Å²) in [7, 11) is 0. The second kappa shape index (κ2) is 8.08. The molecule has 1 unspecified atom stereocenters. The summed E-state index contributed by atoms with van der Waals surface area (Å²) in [5, 5.41) is 13.2. The molecule has 1 aromatic rings. The van der Waals surface area contributed by atoms with Crippen molar-refractivity contribution in [2.24, 2.45) is 17.8 Å². The molecular formula is C22H34ClNO2. The van der Waals surface area contributed by atoms with Crippen LogP contribution < -0.4 is 10.1 Å². The summed E-state index contributed by atoms with van der Waals surface area (Å²) in [6.45, 7) is 5.08. The Morgan fingerprint density at radius 1 is 1.04 bits per heavy atom. The quantitative estimate of drug-likeness (QED) is 0.741. The van der Waals surface area contributed by atoms with Gasteiger partial charge in [0.05, 0.1) is 0 Å². The first-order valence-corrected chi connectivity index (χ1v) is 10.2. The normalized spacial score (nSPS) is 33.2. The van der Waals surface area contributed by atoms with Crippen molar-refractivity contribution in [3.63, 3.8) is 0 Å². The van der Waals surface area contributed by atoms with Crippen molar-refractivity contribution in [1.82, 2.24) is 5.32 Å². The lowest BCUT2D eigenvalue weighted by atomic mass is 9.48. The largest absolute Gasteiger partial charge is 0.491 e. The summed E-state index contributed by atoms with van der Waals surface area (Å²) in [5.74, 6) is 3.81. The molecule has 26 heavy (non-hydrogen) atoms. The van der Waals surface area contributed by atoms with E-state index in [0.29, 0.717) is 24.6 Å². The van der Waals surface area contributed by atoms with E-state index in [2.05, 4.69) is 43.4 Å². The molecule has 4 saturated carbocycles. The molecule has 2 N–H and O–H groups in total. The summed E-state index contributed by atoms with van der Waals surface area (Å²) in [6, 6.07) is 9.18. The van der Waals surface area contributed by atoms with Crippen molar-refractivity contribution in [3.8, 4) is 5.75 Å². The van der Waals surface area contributed by atoms with Gasteiger partial charge in [-0.15, -0.1) is 12.4 Å². The van der Waals surface area contributed by atoms with E-state index in [1.54, 1.807) is 0 Å². The van der Waals surface area contributed by atoms with Crippen LogP contribution in [0.15, 0.2) is 24.3 Å². The maximum absolute atomic E-state index is 9.98. The highest BCUT2D eigenvalue weighted by Gasteiger charge is 2.51. The molecule has 1 atom stereocenters. The van der Waals surface area contributed by atoms with Gasteiger partial charge in [-0.25, -0.2) is 0 Å². The maximum Gasteiger partial charge on any atom is 0.119 e. The van der Waals surface area contributed by atoms with Crippen LogP contribution in [0.3, 0.4) is 0 Å². The van der Waals surface area contributed by atoms with Gasteiger partial charge in [-0.1, -0.05) is 26.0 Å². The van der Waals surface area contributed by atoms with E-state index in [1.807, 2.05) is 0 Å². The monoisotopic (exact) mass is 379 g/mol. The smallest absolute Gasteiger partial charge is 0.119 e. The molecule has 0 amide bonds. The first kappa shape index (κ1) is 20.0. The van der Waals surface area contributed by atoms with Crippen LogP contribution >= 0.6 is 12.4 Å². The van der Waals surface area contributed by atoms with Gasteiger partial charge < -0.3 is 15.2 Å². The van der Waals surface area contributed by atoms with Gasteiger partial charge in [-0.2, -0.15) is 0 Å². The van der Waals surface area contributed by atoms with Crippen LogP contribution in [0.25, 0.3) is 0 Å². The molecule has 4 bridgehead atoms. The zero-order valence-corrected chi connectivity index (χ0v) is 16.9. The Hall–Kier alpha value is -0.770. The molecule has 0 spiro atoms. The van der Waals surface area contributed by atoms with Gasteiger partial charge in [0.25, 0.3) is 0 Å². The summed E-state index contributed by atoms with van der Waals surface area (Å²) < 4.78 is 5.78. The van der Waals surface area contributed by atoms with Crippen LogP contribution in [0, 0.1) is 17.8 Å². The summed E-state index contributed by atoms with van der Waals surface area (Å²) in [6.07, 6.45) is 8.20. The Morgan fingerprint density at radius 3 is 2.08 bits per heavy atom. The molecule has 5 rings (SSSR count). The van der Waals surface area contributed by atoms with Gasteiger partial charge in [0.15, 0.2) is 0 Å². The third-order valence-corrected chi connectivity index (χ3v) is 6.71. The Balaban J connectivity index is 0.00000196. The second-order valence-electron chi connectivity index (χ2n) is 9.25. The van der Waals surface area contributed by atoms with Crippen LogP contribution in [-0.4, -0.2) is 30.4 Å². The van der Waals surface area contributed by atoms with E-state index >= 15 is 0 Å². The minimum atomic E-state index is -0.467. The second-order valence-corrected chi connectivity index (χ2v) is 9.25. The van der Waals surface area contributed by atoms with Gasteiger partial charge in [0, 0.05) is 12.6 Å². The van der Waals surface area contributed by atoms with Crippen LogP contribution in [0.4, 0.5) is 0 Å². The number of nitrogens with one attached hydrogen (secondary N) is 1. The number of ether oxygens (including phenoxy) is 1. The Bertz CT molecular complexity index is 551. The van der Waals surface area contributed by atoms with Crippen molar-refractivity contribution < 1.29 is 9.84 Å². The fourth-order valence-electron chi connectivity index (χ4n) is 5.99. The number of benzene rings is 1. The first-order chi connectivity index (χ1) is 12.0. The molecule has 4 aliphatic carbocycles. The Morgan fingerprint density at radius 2 is 1.58 bits per heavy atom. The van der Waals surface area contributed by atoms with Crippen molar-refractivity contribution >= 4 is 12.4 Å². The van der Waals surface area contributed by atoms with E-state index in [1.165, 1.54) is 44.1 Å². The fraction of sp³-hybridized carbons (Fsp3) is 0.727. The van der Waals surface area contributed by atoms with E-state index in [9.17, 15) is 5.11 Å². The molecule has 146 valence electrons. The van der Waals surface area contributed by atoms with Crippen molar-refractivity contribution in [2.75, 3.05) is 13.2 Å². The lowest BCUT2D eigenvalue weighted by molar-refractivity contribution is -0.00521. The summed E-state index contributed by atoms with van der Waals surface area (Å²) in [5.41, 5.74) is 1.98. The predicted octanol–water partition coefficient (Wildman–Crippen LogP) is 4.31. The molecule has 4 fully saturated rings. The average molecular weight is 380 g/mol. The third-order valence-electron chi connectivity index (χ3n) is 6.71. The molecule has 4 aliphatic rings. The molecule has 4 heteroatoms. The van der Waals surface area contributed by atoms with Crippen molar-refractivity contribution in [2.45, 2.75) is 69.9 Å². The number of aliphatic hydroxyl groups excluding tert-OH is 1. The first-order valence-electron chi connectivity index (χ1n) is 10.2. The lowest BCUT2D eigenvalue weighted by Crippen LogP contribution is -2.48. The van der Waals surface area contributed by atoms with Crippen LogP contribution in [0.5, 0.6) is 5.75 Å². The van der Waals surface area contributed by atoms with E-state index in [4.69, 9.17) is 4.74 Å². The number of aliphatic hydroxyl groups is 1. The van der Waals surface area contributed by atoms with Crippen LogP contribution in [0.1, 0.15) is 57.9 Å². The predicted molar refractivity (Wildman–Crippen MR) is 108 cm³/mol. The van der Waals surface area contributed by atoms with E-state index in [0.717, 1.165) is 23.5 Å². The molecule has 0 aromatic heterocycles. The van der Waals surface area contributed by atoms with Gasteiger partial charge in [0.1, 0.15) is 18.5 Å². The standard InChI is InChI=1S/C22H33NO2.ClH/c1-15(2)23-13-20(24)14-25-21-5-3-19(4-6-21)22-10-16-7-17(11-22)9-18(8-16)12-22;/h3-6,15-18,20,23-24H,7-14H2,1-2H3;1H. The SMILES string of the molecule is CC(C)NCC(O)COc1ccc(C23CC4CC(CC(C4)C2)C3)cc1.Cl. The Kier molecular flexibility index (Phi) is 6.21. The summed E-state index contributed by atoms with van der Waals surface area (Å²) in [4.78, 5) is 0. The van der Waals surface area contributed by atoms with Crippen LogP contribution in [-0.2, 0) is 5.41 Å². The highest BCUT2D eigenvalue weighted by atomic mass is 35.5. The fourth-order valence-corrected chi connectivity index (χ4v) is 5.99. The van der Waals surface area contributed by atoms with Crippen LogP contribution in [0.2, 0.25) is 0 Å². The Labute approximate surface area is 164 Å². The van der Waals surface area contributed by atoms with Gasteiger partial charge in [0.2, 0.25) is 0 Å². The number of rotatable bonds is 7. The van der Waals surface area contributed by atoms with Crippen molar-refractivity contribution in [3.05, 3.63) is 29.8 Å². The van der Waals surface area contributed by atoms with E-state index < -0.39 is 6.10 Å². The van der Waals surface area contributed by atoms with Gasteiger partial charge >= 0.3 is 0 Å². The zero-order valence-electron chi connectivity index (χ0n) is 16.1. The number of halogens is 1. The van der Waals surface area contributed by atoms with Crippen molar-refractivity contribution in [1.29, 1.82) is 0 Å². The molecule has 0 aliphatic heterocycles. The molecule has 3 nitrogen and oxygen atoms in total. The lowest BCUT2D eigenvalue weighted by Gasteiger charge is -2.57. The summed E-state index contributed by atoms with van der Waals surface area (Å²) >= 11 is 0. The molecule has 1 aromatic carbocycles. The molecule has 0 radical (unpaired) electrons. The minimum Gasteiger partial charge on any atom is -0.491 e.